The van der Waals surface area contributed by atoms with Gasteiger partial charge >= 0.3 is 0 Å². The highest BCUT2D eigenvalue weighted by molar-refractivity contribution is 5.52. The Hall–Kier alpha value is -3.35. The molecule has 7 heteroatoms. The first-order valence-electron chi connectivity index (χ1n) is 9.65. The maximum absolute atomic E-state index is 13.1. The molecule has 1 aliphatic heterocycles. The highest BCUT2D eigenvalue weighted by Gasteiger charge is 2.18. The second kappa shape index (κ2) is 8.77. The normalized spacial score (nSPS) is 14.0. The number of anilines is 3. The fourth-order valence-electron chi connectivity index (χ4n) is 3.40. The SMILES string of the molecule is COc1ccc(CNc2cc(N3CCN(c4ccc(F)cc4)CC3)ncn2)cc1. The van der Waals surface area contributed by atoms with Gasteiger partial charge in [-0.1, -0.05) is 12.1 Å². The number of ether oxygens (including phenoxy) is 1. The van der Waals surface area contributed by atoms with Gasteiger partial charge in [-0.15, -0.1) is 0 Å². The van der Waals surface area contributed by atoms with Crippen LogP contribution in [-0.2, 0) is 6.54 Å². The number of hydrogen-bond donors (Lipinski definition) is 1. The molecule has 0 saturated carbocycles. The summed E-state index contributed by atoms with van der Waals surface area (Å²) in [7, 11) is 1.66. The second-order valence-corrected chi connectivity index (χ2v) is 6.91. The fourth-order valence-corrected chi connectivity index (χ4v) is 3.40. The topological polar surface area (TPSA) is 53.5 Å². The van der Waals surface area contributed by atoms with E-state index in [0.717, 1.165) is 54.8 Å². The van der Waals surface area contributed by atoms with Crippen LogP contribution in [0.25, 0.3) is 0 Å². The Bertz CT molecular complexity index is 925. The van der Waals surface area contributed by atoms with Crippen LogP contribution in [0.5, 0.6) is 5.75 Å². The Balaban J connectivity index is 1.34. The van der Waals surface area contributed by atoms with Gasteiger partial charge in [-0.2, -0.15) is 0 Å². The number of nitrogens with one attached hydrogen (secondary N) is 1. The molecule has 0 bridgehead atoms. The number of rotatable bonds is 6. The summed E-state index contributed by atoms with van der Waals surface area (Å²) in [6.07, 6.45) is 1.60. The van der Waals surface area contributed by atoms with Gasteiger partial charge in [-0.3, -0.25) is 0 Å². The lowest BCUT2D eigenvalue weighted by molar-refractivity contribution is 0.414. The van der Waals surface area contributed by atoms with Gasteiger partial charge in [-0.25, -0.2) is 14.4 Å². The van der Waals surface area contributed by atoms with E-state index in [9.17, 15) is 4.39 Å². The van der Waals surface area contributed by atoms with Crippen LogP contribution in [0, 0.1) is 5.82 Å². The van der Waals surface area contributed by atoms with Crippen molar-refractivity contribution in [2.75, 3.05) is 48.4 Å². The predicted octanol–water partition coefficient (Wildman–Crippen LogP) is 3.56. The van der Waals surface area contributed by atoms with Crippen molar-refractivity contribution in [3.05, 3.63) is 72.3 Å². The van der Waals surface area contributed by atoms with Crippen molar-refractivity contribution in [3.63, 3.8) is 0 Å². The summed E-state index contributed by atoms with van der Waals surface area (Å²) in [5.41, 5.74) is 2.20. The van der Waals surface area contributed by atoms with Crippen LogP contribution in [0.3, 0.4) is 0 Å². The molecule has 4 rings (SSSR count). The molecule has 1 aliphatic rings. The first-order chi connectivity index (χ1) is 14.2. The molecule has 6 nitrogen and oxygen atoms in total. The number of methoxy groups -OCH3 is 1. The molecule has 0 spiro atoms. The molecule has 0 aliphatic carbocycles. The highest BCUT2D eigenvalue weighted by Crippen LogP contribution is 2.21. The Morgan fingerprint density at radius 1 is 0.931 bits per heavy atom. The van der Waals surface area contributed by atoms with E-state index in [2.05, 4.69) is 25.1 Å². The fraction of sp³-hybridized carbons (Fsp3) is 0.273. The molecule has 1 N–H and O–H groups in total. The lowest BCUT2D eigenvalue weighted by atomic mass is 10.2. The molecule has 1 aromatic heterocycles. The molecule has 29 heavy (non-hydrogen) atoms. The number of hydrogen-bond acceptors (Lipinski definition) is 6. The van der Waals surface area contributed by atoms with Gasteiger partial charge in [0, 0.05) is 44.5 Å². The standard InChI is InChI=1S/C22H24FN5O/c1-29-20-8-2-17(3-9-20)15-24-21-14-22(26-16-25-21)28-12-10-27(11-13-28)19-6-4-18(23)5-7-19/h2-9,14,16H,10-13,15H2,1H3,(H,24,25,26). The average Bonchev–Trinajstić information content (AvgIpc) is 2.79. The van der Waals surface area contributed by atoms with E-state index in [1.54, 1.807) is 13.4 Å². The van der Waals surface area contributed by atoms with Crippen LogP contribution >= 0.6 is 0 Å². The molecule has 0 radical (unpaired) electrons. The minimum absolute atomic E-state index is 0.206. The van der Waals surface area contributed by atoms with E-state index in [4.69, 9.17) is 4.74 Å². The third kappa shape index (κ3) is 4.74. The van der Waals surface area contributed by atoms with Gasteiger partial charge in [0.05, 0.1) is 7.11 Å². The highest BCUT2D eigenvalue weighted by atomic mass is 19.1. The van der Waals surface area contributed by atoms with Crippen molar-refractivity contribution >= 4 is 17.3 Å². The van der Waals surface area contributed by atoms with Gasteiger partial charge in [0.2, 0.25) is 0 Å². The van der Waals surface area contributed by atoms with Gasteiger partial charge < -0.3 is 19.9 Å². The van der Waals surface area contributed by atoms with E-state index < -0.39 is 0 Å². The van der Waals surface area contributed by atoms with E-state index in [1.165, 1.54) is 12.1 Å². The molecule has 2 heterocycles. The van der Waals surface area contributed by atoms with Crippen LogP contribution in [0.15, 0.2) is 60.9 Å². The zero-order valence-electron chi connectivity index (χ0n) is 16.4. The third-order valence-electron chi connectivity index (χ3n) is 5.08. The van der Waals surface area contributed by atoms with E-state index in [1.807, 2.05) is 42.5 Å². The maximum Gasteiger partial charge on any atom is 0.134 e. The molecule has 2 aromatic carbocycles. The molecule has 0 atom stereocenters. The number of benzene rings is 2. The number of halogens is 1. The summed E-state index contributed by atoms with van der Waals surface area (Å²) in [5.74, 6) is 2.35. The maximum atomic E-state index is 13.1. The minimum atomic E-state index is -0.206. The van der Waals surface area contributed by atoms with Crippen molar-refractivity contribution < 1.29 is 9.13 Å². The Kier molecular flexibility index (Phi) is 5.74. The van der Waals surface area contributed by atoms with Crippen LogP contribution in [0.4, 0.5) is 21.7 Å². The first-order valence-corrected chi connectivity index (χ1v) is 9.65. The molecular weight excluding hydrogens is 369 g/mol. The summed E-state index contributed by atoms with van der Waals surface area (Å²) in [6.45, 7) is 4.12. The summed E-state index contributed by atoms with van der Waals surface area (Å²) in [5, 5.41) is 3.35. The largest absolute Gasteiger partial charge is 0.497 e. The van der Waals surface area contributed by atoms with Gasteiger partial charge in [0.25, 0.3) is 0 Å². The number of nitrogens with zero attached hydrogens (tertiary/aromatic N) is 4. The quantitative estimate of drug-likeness (QED) is 0.691. The smallest absolute Gasteiger partial charge is 0.134 e. The molecule has 3 aromatic rings. The van der Waals surface area contributed by atoms with Gasteiger partial charge in [-0.05, 0) is 42.0 Å². The summed E-state index contributed by atoms with van der Waals surface area (Å²) >= 11 is 0. The molecule has 1 saturated heterocycles. The second-order valence-electron chi connectivity index (χ2n) is 6.91. The van der Waals surface area contributed by atoms with Gasteiger partial charge in [0.15, 0.2) is 0 Å². The lowest BCUT2D eigenvalue weighted by Crippen LogP contribution is -2.46. The van der Waals surface area contributed by atoms with Crippen molar-refractivity contribution in [3.8, 4) is 5.75 Å². The average molecular weight is 393 g/mol. The molecule has 150 valence electrons. The summed E-state index contributed by atoms with van der Waals surface area (Å²) in [6, 6.07) is 16.6. The van der Waals surface area contributed by atoms with E-state index in [0.29, 0.717) is 6.54 Å². The Labute approximate surface area is 170 Å². The monoisotopic (exact) mass is 393 g/mol. The molecular formula is C22H24FN5O. The molecule has 0 amide bonds. The Morgan fingerprint density at radius 3 is 2.31 bits per heavy atom. The summed E-state index contributed by atoms with van der Waals surface area (Å²) < 4.78 is 18.3. The van der Waals surface area contributed by atoms with Crippen molar-refractivity contribution in [1.29, 1.82) is 0 Å². The van der Waals surface area contributed by atoms with E-state index in [-0.39, 0.29) is 5.82 Å². The predicted molar refractivity (Wildman–Crippen MR) is 113 cm³/mol. The summed E-state index contributed by atoms with van der Waals surface area (Å²) in [4.78, 5) is 13.3. The van der Waals surface area contributed by atoms with Crippen LogP contribution in [-0.4, -0.2) is 43.3 Å². The van der Waals surface area contributed by atoms with Crippen LogP contribution < -0.4 is 19.9 Å². The molecule has 0 unspecified atom stereocenters. The lowest BCUT2D eigenvalue weighted by Gasteiger charge is -2.36. The zero-order valence-corrected chi connectivity index (χ0v) is 16.4. The van der Waals surface area contributed by atoms with Crippen LogP contribution in [0.2, 0.25) is 0 Å². The van der Waals surface area contributed by atoms with Crippen molar-refractivity contribution in [2.24, 2.45) is 0 Å². The number of aromatic nitrogens is 2. The Morgan fingerprint density at radius 2 is 1.62 bits per heavy atom. The van der Waals surface area contributed by atoms with Crippen molar-refractivity contribution in [2.45, 2.75) is 6.54 Å². The molecule has 1 fully saturated rings. The minimum Gasteiger partial charge on any atom is -0.497 e. The van der Waals surface area contributed by atoms with Crippen LogP contribution in [0.1, 0.15) is 5.56 Å². The van der Waals surface area contributed by atoms with Crippen molar-refractivity contribution in [1.82, 2.24) is 9.97 Å². The van der Waals surface area contributed by atoms with Gasteiger partial charge in [0.1, 0.15) is 29.5 Å². The first kappa shape index (κ1) is 19.0. The third-order valence-corrected chi connectivity index (χ3v) is 5.08. The zero-order chi connectivity index (χ0) is 20.1. The van der Waals surface area contributed by atoms with E-state index >= 15 is 0 Å². The number of piperazine rings is 1.